The summed E-state index contributed by atoms with van der Waals surface area (Å²) in [5, 5.41) is 12.3. The van der Waals surface area contributed by atoms with Crippen LogP contribution >= 0.6 is 0 Å². The first kappa shape index (κ1) is 21.6. The van der Waals surface area contributed by atoms with Crippen LogP contribution in [0.15, 0.2) is 18.6 Å². The van der Waals surface area contributed by atoms with E-state index in [9.17, 15) is 4.79 Å². The van der Waals surface area contributed by atoms with Crippen molar-refractivity contribution in [2.75, 3.05) is 38.7 Å². The molecule has 0 bridgehead atoms. The highest BCUT2D eigenvalue weighted by Crippen LogP contribution is 2.28. The lowest BCUT2D eigenvalue weighted by Crippen LogP contribution is -2.41. The molecule has 0 spiro atoms. The molecular weight excluding hydrogens is 390 g/mol. The highest BCUT2D eigenvalue weighted by molar-refractivity contribution is 5.65. The summed E-state index contributed by atoms with van der Waals surface area (Å²) in [5.74, 6) is 1.65. The van der Waals surface area contributed by atoms with Gasteiger partial charge in [-0.1, -0.05) is 0 Å². The number of nitrogens with one attached hydrogen (secondary N) is 1. The van der Waals surface area contributed by atoms with Crippen molar-refractivity contribution < 1.29 is 24.1 Å². The third kappa shape index (κ3) is 5.47. The number of aromatic nitrogens is 3. The molecule has 1 aliphatic heterocycles. The third-order valence-electron chi connectivity index (χ3n) is 4.90. The second-order valence-electron chi connectivity index (χ2n) is 7.04. The average molecular weight is 417 g/mol. The first-order valence-electron chi connectivity index (χ1n) is 9.79. The Bertz CT molecular complexity index is 871. The van der Waals surface area contributed by atoms with Gasteiger partial charge < -0.3 is 29.5 Å². The zero-order valence-electron chi connectivity index (χ0n) is 17.4. The van der Waals surface area contributed by atoms with E-state index in [1.54, 1.807) is 13.3 Å². The highest BCUT2D eigenvalue weighted by Gasteiger charge is 2.24. The molecule has 2 aromatic rings. The van der Waals surface area contributed by atoms with Crippen molar-refractivity contribution in [1.82, 2.24) is 19.9 Å². The number of methoxy groups -OCH3 is 1. The summed E-state index contributed by atoms with van der Waals surface area (Å²) in [7, 11) is 1.62. The van der Waals surface area contributed by atoms with E-state index in [4.69, 9.17) is 19.3 Å². The molecule has 3 heterocycles. The number of aryl methyl sites for hydroxylation is 1. The Hall–Kier alpha value is -3.14. The number of carboxylic acid groups (broad SMARTS) is 1. The maximum absolute atomic E-state index is 11.0. The molecule has 0 aromatic carbocycles. The molecule has 0 radical (unpaired) electrons. The van der Waals surface area contributed by atoms with Gasteiger partial charge in [-0.15, -0.1) is 0 Å². The van der Waals surface area contributed by atoms with Gasteiger partial charge in [-0.2, -0.15) is 0 Å². The number of piperidine rings is 1. The van der Waals surface area contributed by atoms with Crippen LogP contribution in [0.25, 0.3) is 0 Å². The first-order chi connectivity index (χ1) is 14.5. The van der Waals surface area contributed by atoms with E-state index in [1.165, 1.54) is 11.2 Å². The number of rotatable bonds is 8. The van der Waals surface area contributed by atoms with Gasteiger partial charge in [0.05, 0.1) is 24.1 Å². The predicted octanol–water partition coefficient (Wildman–Crippen LogP) is 2.78. The Balaban J connectivity index is 1.64. The van der Waals surface area contributed by atoms with Crippen LogP contribution in [0.2, 0.25) is 0 Å². The molecular formula is C20H27N5O5. The smallest absolute Gasteiger partial charge is 0.407 e. The topological polar surface area (TPSA) is 119 Å². The van der Waals surface area contributed by atoms with Crippen molar-refractivity contribution in [3.05, 3.63) is 29.7 Å². The van der Waals surface area contributed by atoms with Crippen LogP contribution in [-0.2, 0) is 4.74 Å². The number of hydrogen-bond acceptors (Lipinski definition) is 8. The van der Waals surface area contributed by atoms with E-state index < -0.39 is 6.09 Å². The van der Waals surface area contributed by atoms with Crippen LogP contribution < -0.4 is 14.8 Å². The zero-order chi connectivity index (χ0) is 21.5. The molecule has 0 atom stereocenters. The molecule has 0 unspecified atom stereocenters. The number of hydrogen-bond donors (Lipinski definition) is 2. The van der Waals surface area contributed by atoms with Gasteiger partial charge in [0, 0.05) is 39.1 Å². The minimum atomic E-state index is -0.891. The molecule has 30 heavy (non-hydrogen) atoms. The van der Waals surface area contributed by atoms with Crippen molar-refractivity contribution in [3.8, 4) is 11.8 Å². The fourth-order valence-corrected chi connectivity index (χ4v) is 3.10. The monoisotopic (exact) mass is 417 g/mol. The molecule has 2 N–H and O–H groups in total. The predicted molar refractivity (Wildman–Crippen MR) is 110 cm³/mol. The van der Waals surface area contributed by atoms with Gasteiger partial charge in [0.1, 0.15) is 24.9 Å². The molecule has 1 aliphatic rings. The number of pyridine rings is 1. The molecule has 0 aliphatic carbocycles. The quantitative estimate of drug-likeness (QED) is 0.625. The summed E-state index contributed by atoms with van der Waals surface area (Å²) < 4.78 is 16.5. The summed E-state index contributed by atoms with van der Waals surface area (Å²) in [4.78, 5) is 25.3. The zero-order valence-corrected chi connectivity index (χ0v) is 17.4. The molecule has 3 rings (SSSR count). The van der Waals surface area contributed by atoms with Crippen molar-refractivity contribution in [3.63, 3.8) is 0 Å². The van der Waals surface area contributed by atoms with Crippen molar-refractivity contribution in [2.24, 2.45) is 0 Å². The lowest BCUT2D eigenvalue weighted by atomic mass is 10.1. The average Bonchev–Trinajstić information content (AvgIpc) is 2.73. The van der Waals surface area contributed by atoms with Gasteiger partial charge in [-0.3, -0.25) is 0 Å². The third-order valence-corrected chi connectivity index (χ3v) is 4.90. The fraction of sp³-hybridized carbons (Fsp3) is 0.500. The van der Waals surface area contributed by atoms with E-state index >= 15 is 0 Å². The normalized spacial score (nSPS) is 14.4. The standard InChI is InChI=1S/C20H27N5O5/c1-13-10-17(29-9-8-28-3)21-11-16(13)24-18-14(2)19(23-12-22-18)30-15-4-6-25(7-5-15)20(26)27/h10-12,15H,4-9H2,1-3H3,(H,26,27)(H,22,23,24). The summed E-state index contributed by atoms with van der Waals surface area (Å²) in [6, 6.07) is 1.85. The van der Waals surface area contributed by atoms with Crippen LogP contribution in [0, 0.1) is 13.8 Å². The van der Waals surface area contributed by atoms with Gasteiger partial charge in [-0.05, 0) is 19.4 Å². The van der Waals surface area contributed by atoms with Crippen molar-refractivity contribution in [1.29, 1.82) is 0 Å². The molecule has 10 heteroatoms. The van der Waals surface area contributed by atoms with Crippen LogP contribution in [0.1, 0.15) is 24.0 Å². The maximum atomic E-state index is 11.0. The second-order valence-corrected chi connectivity index (χ2v) is 7.04. The Morgan fingerprint density at radius 3 is 2.67 bits per heavy atom. The molecule has 1 saturated heterocycles. The summed E-state index contributed by atoms with van der Waals surface area (Å²) in [6.07, 6.45) is 3.44. The van der Waals surface area contributed by atoms with E-state index in [0.717, 1.165) is 16.8 Å². The minimum absolute atomic E-state index is 0.0750. The highest BCUT2D eigenvalue weighted by atomic mass is 16.5. The number of anilines is 2. The van der Waals surface area contributed by atoms with Crippen molar-refractivity contribution in [2.45, 2.75) is 32.8 Å². The minimum Gasteiger partial charge on any atom is -0.475 e. The van der Waals surface area contributed by atoms with E-state index in [1.807, 2.05) is 19.9 Å². The number of nitrogens with zero attached hydrogens (tertiary/aromatic N) is 4. The lowest BCUT2D eigenvalue weighted by molar-refractivity contribution is 0.0866. The molecule has 162 valence electrons. The molecule has 0 saturated carbocycles. The van der Waals surface area contributed by atoms with Crippen molar-refractivity contribution >= 4 is 17.6 Å². The number of amides is 1. The molecule has 10 nitrogen and oxygen atoms in total. The second kappa shape index (κ2) is 10.1. The molecule has 2 aromatic heterocycles. The maximum Gasteiger partial charge on any atom is 0.407 e. The number of likely N-dealkylation sites (tertiary alicyclic amines) is 1. The Labute approximate surface area is 175 Å². The van der Waals surface area contributed by atoms with Crippen LogP contribution in [0.3, 0.4) is 0 Å². The molecule has 1 amide bonds. The number of carbonyl (C=O) groups is 1. The summed E-state index contributed by atoms with van der Waals surface area (Å²) in [5.41, 5.74) is 2.54. The van der Waals surface area contributed by atoms with Gasteiger partial charge in [0.2, 0.25) is 11.8 Å². The fourth-order valence-electron chi connectivity index (χ4n) is 3.10. The summed E-state index contributed by atoms with van der Waals surface area (Å²) in [6.45, 7) is 5.69. The Morgan fingerprint density at radius 1 is 1.23 bits per heavy atom. The van der Waals surface area contributed by atoms with E-state index in [-0.39, 0.29) is 6.10 Å². The van der Waals surface area contributed by atoms with Gasteiger partial charge >= 0.3 is 6.09 Å². The Morgan fingerprint density at radius 2 is 2.00 bits per heavy atom. The van der Waals surface area contributed by atoms with Crippen LogP contribution in [0.5, 0.6) is 11.8 Å². The number of ether oxygens (including phenoxy) is 3. The Kier molecular flexibility index (Phi) is 7.23. The molecule has 1 fully saturated rings. The first-order valence-corrected chi connectivity index (χ1v) is 9.79. The van der Waals surface area contributed by atoms with E-state index in [2.05, 4.69) is 20.3 Å². The largest absolute Gasteiger partial charge is 0.475 e. The van der Waals surface area contributed by atoms with Crippen LogP contribution in [0.4, 0.5) is 16.3 Å². The van der Waals surface area contributed by atoms with E-state index in [0.29, 0.717) is 56.7 Å². The lowest BCUT2D eigenvalue weighted by Gasteiger charge is -2.30. The SMILES string of the molecule is COCCOc1cc(C)c(Nc2ncnc(OC3CCN(C(=O)O)CC3)c2C)cn1. The van der Waals surface area contributed by atoms with Crippen LogP contribution in [-0.4, -0.2) is 70.6 Å². The summed E-state index contributed by atoms with van der Waals surface area (Å²) >= 11 is 0. The van der Waals surface area contributed by atoms with Gasteiger partial charge in [0.15, 0.2) is 0 Å². The van der Waals surface area contributed by atoms with Gasteiger partial charge in [0.25, 0.3) is 0 Å². The van der Waals surface area contributed by atoms with Gasteiger partial charge in [-0.25, -0.2) is 19.7 Å².